The smallest absolute Gasteiger partial charge is 0.254 e. The Bertz CT molecular complexity index is 835. The van der Waals surface area contributed by atoms with Crippen molar-refractivity contribution in [1.29, 1.82) is 0 Å². The fourth-order valence-electron chi connectivity index (χ4n) is 2.20. The fourth-order valence-corrected chi connectivity index (χ4v) is 2.39. The summed E-state index contributed by atoms with van der Waals surface area (Å²) in [7, 11) is 1.71. The van der Waals surface area contributed by atoms with E-state index < -0.39 is 0 Å². The lowest BCUT2D eigenvalue weighted by molar-refractivity contribution is 0.0781. The molecule has 3 rings (SSSR count). The maximum atomic E-state index is 12.3. The van der Waals surface area contributed by atoms with Gasteiger partial charge in [-0.25, -0.2) is 4.98 Å². The number of amides is 1. The average Bonchev–Trinajstić information content (AvgIpc) is 3.02. The Morgan fingerprint density at radius 3 is 2.79 bits per heavy atom. The first-order chi connectivity index (χ1) is 11.6. The van der Waals surface area contributed by atoms with E-state index in [0.29, 0.717) is 23.1 Å². The van der Waals surface area contributed by atoms with E-state index in [0.717, 1.165) is 5.56 Å². The zero-order valence-electron chi connectivity index (χ0n) is 13.0. The highest BCUT2D eigenvalue weighted by molar-refractivity contribution is 6.29. The van der Waals surface area contributed by atoms with Crippen LogP contribution in [-0.4, -0.2) is 43.0 Å². The lowest BCUT2D eigenvalue weighted by Crippen LogP contribution is -2.26. The number of nitrogens with zero attached hydrogens (tertiary/aromatic N) is 6. The van der Waals surface area contributed by atoms with Crippen LogP contribution in [0.1, 0.15) is 21.7 Å². The molecule has 0 radical (unpaired) electrons. The number of pyridine rings is 1. The summed E-state index contributed by atoms with van der Waals surface area (Å²) >= 11 is 5.86. The molecule has 0 N–H and O–H groups in total. The third kappa shape index (κ3) is 3.94. The summed E-state index contributed by atoms with van der Waals surface area (Å²) in [6.07, 6.45) is 1.63. The standard InChI is InChI=1S/C16H15ClN6O/c1-22(16(24)13-5-3-2-4-6-13)11-15-19-21-23(20-15)10-12-7-8-18-14(17)9-12/h2-9H,10-11H2,1H3. The van der Waals surface area contributed by atoms with Gasteiger partial charge in [0.05, 0.1) is 13.1 Å². The third-order valence-electron chi connectivity index (χ3n) is 3.36. The molecule has 122 valence electrons. The highest BCUT2D eigenvalue weighted by Crippen LogP contribution is 2.08. The Morgan fingerprint density at radius 2 is 2.04 bits per heavy atom. The van der Waals surface area contributed by atoms with E-state index in [1.165, 1.54) is 4.80 Å². The molecule has 0 aliphatic rings. The lowest BCUT2D eigenvalue weighted by Gasteiger charge is -2.14. The summed E-state index contributed by atoms with van der Waals surface area (Å²) in [6, 6.07) is 12.7. The minimum atomic E-state index is -0.0899. The van der Waals surface area contributed by atoms with Gasteiger partial charge in [0.25, 0.3) is 5.91 Å². The van der Waals surface area contributed by atoms with Gasteiger partial charge in [-0.15, -0.1) is 10.2 Å². The van der Waals surface area contributed by atoms with Crippen molar-refractivity contribution in [3.63, 3.8) is 0 Å². The van der Waals surface area contributed by atoms with Gasteiger partial charge in [0.2, 0.25) is 0 Å². The molecule has 0 unspecified atom stereocenters. The van der Waals surface area contributed by atoms with Gasteiger partial charge in [-0.05, 0) is 35.0 Å². The van der Waals surface area contributed by atoms with Gasteiger partial charge in [-0.2, -0.15) is 4.80 Å². The van der Waals surface area contributed by atoms with Crippen LogP contribution in [0.25, 0.3) is 0 Å². The lowest BCUT2D eigenvalue weighted by atomic mass is 10.2. The van der Waals surface area contributed by atoms with Crippen molar-refractivity contribution in [3.05, 3.63) is 70.8 Å². The summed E-state index contributed by atoms with van der Waals surface area (Å²) < 4.78 is 0. The molecule has 0 aliphatic heterocycles. The van der Waals surface area contributed by atoms with Crippen LogP contribution in [0.5, 0.6) is 0 Å². The van der Waals surface area contributed by atoms with E-state index in [1.807, 2.05) is 24.3 Å². The van der Waals surface area contributed by atoms with Gasteiger partial charge < -0.3 is 4.90 Å². The molecule has 0 saturated heterocycles. The minimum absolute atomic E-state index is 0.0899. The van der Waals surface area contributed by atoms with Gasteiger partial charge >= 0.3 is 0 Å². The number of carbonyl (C=O) groups is 1. The summed E-state index contributed by atoms with van der Waals surface area (Å²) in [4.78, 5) is 19.3. The van der Waals surface area contributed by atoms with Crippen molar-refractivity contribution in [2.24, 2.45) is 0 Å². The van der Waals surface area contributed by atoms with Gasteiger partial charge in [0, 0.05) is 18.8 Å². The largest absolute Gasteiger partial charge is 0.334 e. The Balaban J connectivity index is 1.64. The third-order valence-corrected chi connectivity index (χ3v) is 3.56. The molecule has 2 heterocycles. The van der Waals surface area contributed by atoms with Crippen molar-refractivity contribution in [2.45, 2.75) is 13.1 Å². The predicted octanol–water partition coefficient (Wildman–Crippen LogP) is 2.04. The van der Waals surface area contributed by atoms with Crippen molar-refractivity contribution < 1.29 is 4.79 Å². The second-order valence-electron chi connectivity index (χ2n) is 5.25. The van der Waals surface area contributed by atoms with Crippen molar-refractivity contribution >= 4 is 17.5 Å². The molecule has 1 aromatic carbocycles. The molecule has 0 spiro atoms. The Kier molecular flexibility index (Phi) is 4.81. The molecule has 1 amide bonds. The van der Waals surface area contributed by atoms with E-state index in [4.69, 9.17) is 11.6 Å². The Hall–Kier alpha value is -2.80. The molecule has 0 fully saturated rings. The molecule has 0 atom stereocenters. The predicted molar refractivity (Wildman–Crippen MR) is 88.4 cm³/mol. The topological polar surface area (TPSA) is 76.8 Å². The second-order valence-corrected chi connectivity index (χ2v) is 5.64. The fraction of sp³-hybridized carbons (Fsp3) is 0.188. The molecule has 7 nitrogen and oxygen atoms in total. The molecule has 3 aromatic rings. The van der Waals surface area contributed by atoms with Crippen LogP contribution >= 0.6 is 11.6 Å². The number of benzene rings is 1. The Labute approximate surface area is 143 Å². The molecular formula is C16H15ClN6O. The monoisotopic (exact) mass is 342 g/mol. The van der Waals surface area contributed by atoms with Crippen molar-refractivity contribution in [2.75, 3.05) is 7.05 Å². The molecule has 0 aliphatic carbocycles. The Morgan fingerprint density at radius 1 is 1.25 bits per heavy atom. The molecule has 0 bridgehead atoms. The first kappa shape index (κ1) is 16.1. The molecule has 24 heavy (non-hydrogen) atoms. The summed E-state index contributed by atoms with van der Waals surface area (Å²) in [6.45, 7) is 0.719. The number of tetrazole rings is 1. The van der Waals surface area contributed by atoms with E-state index in [-0.39, 0.29) is 12.5 Å². The maximum absolute atomic E-state index is 12.3. The summed E-state index contributed by atoms with van der Waals surface area (Å²) in [5.41, 5.74) is 1.55. The number of halogens is 1. The van der Waals surface area contributed by atoms with Crippen LogP contribution in [0.3, 0.4) is 0 Å². The zero-order chi connectivity index (χ0) is 16.9. The van der Waals surface area contributed by atoms with Crippen LogP contribution in [-0.2, 0) is 13.1 Å². The second kappa shape index (κ2) is 7.18. The number of carbonyl (C=O) groups excluding carboxylic acids is 1. The molecule has 8 heteroatoms. The van der Waals surface area contributed by atoms with Crippen LogP contribution < -0.4 is 0 Å². The van der Waals surface area contributed by atoms with Gasteiger partial charge in [0.15, 0.2) is 5.82 Å². The van der Waals surface area contributed by atoms with Crippen LogP contribution in [0.4, 0.5) is 0 Å². The summed E-state index contributed by atoms with van der Waals surface area (Å²) in [5.74, 6) is 0.384. The number of aromatic nitrogens is 5. The quantitative estimate of drug-likeness (QED) is 0.663. The number of hydrogen-bond acceptors (Lipinski definition) is 5. The zero-order valence-corrected chi connectivity index (χ0v) is 13.8. The molecule has 0 saturated carbocycles. The first-order valence-electron chi connectivity index (χ1n) is 7.29. The minimum Gasteiger partial charge on any atom is -0.334 e. The van der Waals surface area contributed by atoms with Crippen LogP contribution in [0.2, 0.25) is 5.15 Å². The summed E-state index contributed by atoms with van der Waals surface area (Å²) in [5, 5.41) is 12.7. The molecule has 2 aromatic heterocycles. The van der Waals surface area contributed by atoms with Crippen LogP contribution in [0, 0.1) is 0 Å². The van der Waals surface area contributed by atoms with Crippen molar-refractivity contribution in [3.8, 4) is 0 Å². The average molecular weight is 343 g/mol. The van der Waals surface area contributed by atoms with E-state index >= 15 is 0 Å². The van der Waals surface area contributed by atoms with E-state index in [1.54, 1.807) is 36.3 Å². The normalized spacial score (nSPS) is 10.6. The SMILES string of the molecule is CN(Cc1nnn(Cc2ccnc(Cl)c2)n1)C(=O)c1ccccc1. The number of rotatable bonds is 5. The van der Waals surface area contributed by atoms with Gasteiger partial charge in [-0.1, -0.05) is 29.8 Å². The maximum Gasteiger partial charge on any atom is 0.254 e. The molecular weight excluding hydrogens is 328 g/mol. The highest BCUT2D eigenvalue weighted by atomic mass is 35.5. The number of hydrogen-bond donors (Lipinski definition) is 0. The van der Waals surface area contributed by atoms with Crippen LogP contribution in [0.15, 0.2) is 48.7 Å². The van der Waals surface area contributed by atoms with Crippen molar-refractivity contribution in [1.82, 2.24) is 30.1 Å². The highest BCUT2D eigenvalue weighted by Gasteiger charge is 2.14. The van der Waals surface area contributed by atoms with Gasteiger partial charge in [-0.3, -0.25) is 4.79 Å². The van der Waals surface area contributed by atoms with E-state index in [2.05, 4.69) is 20.4 Å². The van der Waals surface area contributed by atoms with Gasteiger partial charge in [0.1, 0.15) is 5.15 Å². The first-order valence-corrected chi connectivity index (χ1v) is 7.67. The van der Waals surface area contributed by atoms with E-state index in [9.17, 15) is 4.79 Å².